The van der Waals surface area contributed by atoms with Crippen molar-refractivity contribution >= 4 is 34.3 Å². The number of H-pyrrole nitrogens is 1. The molecule has 178 valence electrons. The number of nitrogens with zero attached hydrogens (tertiary/aromatic N) is 5. The van der Waals surface area contributed by atoms with Gasteiger partial charge in [0.15, 0.2) is 17.0 Å². The van der Waals surface area contributed by atoms with Gasteiger partial charge < -0.3 is 5.32 Å². The Morgan fingerprint density at radius 3 is 2.50 bits per heavy atom. The Balaban J connectivity index is 1.42. The second-order valence-electron chi connectivity index (χ2n) is 8.17. The lowest BCUT2D eigenvalue weighted by molar-refractivity contribution is -0.137. The Morgan fingerprint density at radius 2 is 1.67 bits per heavy atom. The number of rotatable bonds is 4. The molecule has 3 heterocycles. The van der Waals surface area contributed by atoms with Crippen LogP contribution in [0.5, 0.6) is 0 Å². The number of nitrogens with one attached hydrogen (secondary N) is 2. The molecule has 0 unspecified atom stereocenters. The Kier molecular flexibility index (Phi) is 5.14. The molecule has 2 aromatic heterocycles. The summed E-state index contributed by atoms with van der Waals surface area (Å²) in [6.07, 6.45) is -2.61. The predicted molar refractivity (Wildman–Crippen MR) is 131 cm³/mol. The maximum absolute atomic E-state index is 13.2. The second-order valence-corrected chi connectivity index (χ2v) is 8.17. The number of para-hydroxylation sites is 1. The lowest BCUT2D eigenvalue weighted by Gasteiger charge is -2.20. The summed E-state index contributed by atoms with van der Waals surface area (Å²) in [6.45, 7) is 0.296. The lowest BCUT2D eigenvalue weighted by Crippen LogP contribution is -2.36. The van der Waals surface area contributed by atoms with Crippen LogP contribution in [0.1, 0.15) is 5.56 Å². The van der Waals surface area contributed by atoms with Crippen LogP contribution in [0.3, 0.4) is 0 Å². The zero-order chi connectivity index (χ0) is 24.7. The smallest absolute Gasteiger partial charge is 0.321 e. The molecule has 0 fully saturated rings. The van der Waals surface area contributed by atoms with Crippen LogP contribution >= 0.6 is 0 Å². The molecule has 0 amide bonds. The van der Waals surface area contributed by atoms with E-state index in [1.54, 1.807) is 6.07 Å². The van der Waals surface area contributed by atoms with Gasteiger partial charge in [-0.1, -0.05) is 48.5 Å². The number of anilines is 3. The number of fused-ring (bicyclic) bond motifs is 2. The van der Waals surface area contributed by atoms with Crippen molar-refractivity contribution in [3.8, 4) is 11.4 Å². The molecule has 0 aliphatic carbocycles. The monoisotopic (exact) mass is 485 g/mol. The summed E-state index contributed by atoms with van der Waals surface area (Å²) in [5.74, 6) is 1.50. The van der Waals surface area contributed by atoms with Crippen LogP contribution in [0.15, 0.2) is 84.0 Å². The van der Waals surface area contributed by atoms with Gasteiger partial charge in [-0.25, -0.2) is 9.97 Å². The summed E-state index contributed by atoms with van der Waals surface area (Å²) >= 11 is 0. The van der Waals surface area contributed by atoms with Crippen LogP contribution in [0.2, 0.25) is 0 Å². The molecule has 36 heavy (non-hydrogen) atoms. The average molecular weight is 485 g/mol. The fourth-order valence-corrected chi connectivity index (χ4v) is 4.03. The standard InChI is InChI=1S/C26H18F3N7/c27-26(28,29)17-9-6-10-18(15-17)36-14-13-21-22(35-36)25(34-33-21)32-24-19-11-4-5-12-20(19)30-23(31-24)16-7-2-1-3-8-16/h1-13,15,33H,14H2,(H,30,31,32,34). The molecule has 0 atom stereocenters. The van der Waals surface area contributed by atoms with E-state index in [2.05, 4.69) is 20.6 Å². The van der Waals surface area contributed by atoms with Crippen LogP contribution < -0.4 is 21.0 Å². The van der Waals surface area contributed by atoms with E-state index >= 15 is 0 Å². The summed E-state index contributed by atoms with van der Waals surface area (Å²) in [5, 5.41) is 18.6. The van der Waals surface area contributed by atoms with Gasteiger partial charge in [0.05, 0.1) is 28.7 Å². The first-order chi connectivity index (χ1) is 17.5. The number of aromatic nitrogens is 4. The number of alkyl halides is 3. The van der Waals surface area contributed by atoms with Gasteiger partial charge in [-0.2, -0.15) is 23.4 Å². The molecule has 0 saturated heterocycles. The van der Waals surface area contributed by atoms with Gasteiger partial charge in [0.1, 0.15) is 5.82 Å². The molecule has 3 aromatic carbocycles. The van der Waals surface area contributed by atoms with Gasteiger partial charge in [0.2, 0.25) is 0 Å². The second kappa shape index (κ2) is 8.49. The van der Waals surface area contributed by atoms with E-state index in [1.165, 1.54) is 11.1 Å². The summed E-state index contributed by atoms with van der Waals surface area (Å²) in [4.78, 5) is 9.44. The van der Waals surface area contributed by atoms with Crippen LogP contribution in [-0.2, 0) is 6.18 Å². The minimum Gasteiger partial charge on any atom is -0.321 e. The third kappa shape index (κ3) is 4.02. The summed E-state index contributed by atoms with van der Waals surface area (Å²) in [5.41, 5.74) is 1.22. The van der Waals surface area contributed by atoms with Crippen molar-refractivity contribution in [2.45, 2.75) is 6.18 Å². The van der Waals surface area contributed by atoms with Gasteiger partial charge in [-0.15, -0.1) is 0 Å². The van der Waals surface area contributed by atoms with E-state index in [-0.39, 0.29) is 0 Å². The summed E-state index contributed by atoms with van der Waals surface area (Å²) in [7, 11) is 0. The highest BCUT2D eigenvalue weighted by Gasteiger charge is 2.31. The van der Waals surface area contributed by atoms with Crippen LogP contribution in [0, 0.1) is 0 Å². The average Bonchev–Trinajstić information content (AvgIpc) is 3.30. The van der Waals surface area contributed by atoms with E-state index in [0.29, 0.717) is 40.4 Å². The van der Waals surface area contributed by atoms with E-state index in [9.17, 15) is 13.2 Å². The van der Waals surface area contributed by atoms with Crippen molar-refractivity contribution in [3.63, 3.8) is 0 Å². The minimum absolute atomic E-state index is 0.296. The SMILES string of the molecule is FC(F)(F)c1cccc(N2CC=c3[nH]nc(Nc4nc(-c5ccccc5)nc5ccccc45)c3=N2)c1. The Morgan fingerprint density at radius 1 is 0.861 bits per heavy atom. The molecule has 0 spiro atoms. The fourth-order valence-electron chi connectivity index (χ4n) is 4.03. The van der Waals surface area contributed by atoms with Gasteiger partial charge in [0.25, 0.3) is 0 Å². The zero-order valence-electron chi connectivity index (χ0n) is 18.7. The van der Waals surface area contributed by atoms with Crippen molar-refractivity contribution in [1.82, 2.24) is 20.2 Å². The number of aromatic amines is 1. The number of hydrogen-bond acceptors (Lipinski definition) is 6. The zero-order valence-corrected chi connectivity index (χ0v) is 18.7. The first-order valence-electron chi connectivity index (χ1n) is 11.1. The first-order valence-corrected chi connectivity index (χ1v) is 11.1. The molecule has 2 N–H and O–H groups in total. The topological polar surface area (TPSA) is 82.1 Å². The van der Waals surface area contributed by atoms with E-state index in [0.717, 1.165) is 28.6 Å². The highest BCUT2D eigenvalue weighted by Crippen LogP contribution is 2.32. The summed E-state index contributed by atoms with van der Waals surface area (Å²) < 4.78 is 39.7. The Labute approximate surface area is 202 Å². The largest absolute Gasteiger partial charge is 0.416 e. The van der Waals surface area contributed by atoms with Crippen molar-refractivity contribution in [2.75, 3.05) is 16.9 Å². The maximum Gasteiger partial charge on any atom is 0.416 e. The predicted octanol–water partition coefficient (Wildman–Crippen LogP) is 4.62. The number of hydrogen-bond donors (Lipinski definition) is 2. The van der Waals surface area contributed by atoms with Crippen LogP contribution in [-0.4, -0.2) is 26.7 Å². The van der Waals surface area contributed by atoms with Crippen LogP contribution in [0.4, 0.5) is 30.5 Å². The third-order valence-electron chi connectivity index (χ3n) is 5.80. The molecule has 1 aliphatic heterocycles. The summed E-state index contributed by atoms with van der Waals surface area (Å²) in [6, 6.07) is 22.3. The van der Waals surface area contributed by atoms with Gasteiger partial charge in [0, 0.05) is 10.9 Å². The van der Waals surface area contributed by atoms with Gasteiger partial charge in [-0.05, 0) is 36.4 Å². The molecule has 7 nitrogen and oxygen atoms in total. The van der Waals surface area contributed by atoms with Crippen molar-refractivity contribution in [2.24, 2.45) is 5.10 Å². The number of halogens is 3. The third-order valence-corrected chi connectivity index (χ3v) is 5.80. The van der Waals surface area contributed by atoms with E-state index < -0.39 is 11.7 Å². The molecular weight excluding hydrogens is 467 g/mol. The van der Waals surface area contributed by atoms with E-state index in [1.807, 2.05) is 60.7 Å². The lowest BCUT2D eigenvalue weighted by atomic mass is 10.2. The van der Waals surface area contributed by atoms with Gasteiger partial charge >= 0.3 is 6.18 Å². The molecule has 1 aliphatic rings. The fraction of sp³-hybridized carbons (Fsp3) is 0.0769. The number of benzene rings is 3. The molecular formula is C26H18F3N7. The quantitative estimate of drug-likeness (QED) is 0.388. The minimum atomic E-state index is -4.44. The highest BCUT2D eigenvalue weighted by molar-refractivity contribution is 5.91. The Bertz CT molecular complexity index is 1690. The molecule has 10 heteroatoms. The molecule has 6 rings (SSSR count). The highest BCUT2D eigenvalue weighted by atomic mass is 19.4. The van der Waals surface area contributed by atoms with E-state index in [4.69, 9.17) is 9.97 Å². The Hall–Kier alpha value is -4.73. The molecule has 0 radical (unpaired) electrons. The van der Waals surface area contributed by atoms with Gasteiger partial charge in [-0.3, -0.25) is 10.1 Å². The van der Waals surface area contributed by atoms with Crippen LogP contribution in [0.25, 0.3) is 28.4 Å². The first kappa shape index (κ1) is 21.8. The maximum atomic E-state index is 13.2. The van der Waals surface area contributed by atoms with Crippen molar-refractivity contribution in [3.05, 3.63) is 95.1 Å². The normalized spacial score (nSPS) is 13.1. The van der Waals surface area contributed by atoms with Crippen molar-refractivity contribution in [1.29, 1.82) is 0 Å². The van der Waals surface area contributed by atoms with Crippen molar-refractivity contribution < 1.29 is 13.2 Å². The molecule has 5 aromatic rings. The molecule has 0 saturated carbocycles. The molecule has 0 bridgehead atoms.